The third kappa shape index (κ3) is 4.41. The van der Waals surface area contributed by atoms with Gasteiger partial charge in [-0.2, -0.15) is 0 Å². The Hall–Kier alpha value is -0.380. The molecule has 0 spiro atoms. The zero-order chi connectivity index (χ0) is 9.52. The average Bonchev–Trinajstić information content (AvgIpc) is 2.13. The van der Waals surface area contributed by atoms with Crippen LogP contribution >= 0.6 is 15.9 Å². The lowest BCUT2D eigenvalue weighted by Gasteiger charge is -2.04. The van der Waals surface area contributed by atoms with Gasteiger partial charge in [0.15, 0.2) is 0 Å². The highest BCUT2D eigenvalue weighted by Gasteiger charge is 1.92. The van der Waals surface area contributed by atoms with E-state index in [1.54, 1.807) is 0 Å². The molecule has 0 heterocycles. The number of nitrogens with one attached hydrogen (secondary N) is 2. The van der Waals surface area contributed by atoms with E-state index in [9.17, 15) is 0 Å². The van der Waals surface area contributed by atoms with Crippen LogP contribution in [0.4, 0.5) is 0 Å². The molecule has 0 atom stereocenters. The molecule has 0 aliphatic carbocycles. The second-order valence-electron chi connectivity index (χ2n) is 2.91. The zero-order valence-electron chi connectivity index (χ0n) is 7.81. The highest BCUT2D eigenvalue weighted by atomic mass is 79.9. The maximum atomic E-state index is 3.44. The molecule has 0 aromatic heterocycles. The Labute approximate surface area is 87.9 Å². The number of benzene rings is 1. The molecule has 0 radical (unpaired) electrons. The molecule has 0 bridgehead atoms. The number of hydrogen-bond acceptors (Lipinski definition) is 2. The third-order valence-corrected chi connectivity index (χ3v) is 2.26. The van der Waals surface area contributed by atoms with Crippen LogP contribution in [0.15, 0.2) is 28.7 Å². The van der Waals surface area contributed by atoms with E-state index in [4.69, 9.17) is 0 Å². The molecule has 0 saturated carbocycles. The van der Waals surface area contributed by atoms with Gasteiger partial charge in [-0.1, -0.05) is 28.1 Å². The first-order valence-electron chi connectivity index (χ1n) is 4.42. The first-order chi connectivity index (χ1) is 6.33. The summed E-state index contributed by atoms with van der Waals surface area (Å²) in [5, 5.41) is 6.44. The Morgan fingerprint density at radius 3 is 2.85 bits per heavy atom. The van der Waals surface area contributed by atoms with Gasteiger partial charge in [0.2, 0.25) is 0 Å². The van der Waals surface area contributed by atoms with E-state index in [-0.39, 0.29) is 0 Å². The van der Waals surface area contributed by atoms with Crippen molar-refractivity contribution >= 4 is 15.9 Å². The van der Waals surface area contributed by atoms with E-state index in [0.717, 1.165) is 24.1 Å². The van der Waals surface area contributed by atoms with E-state index in [1.807, 2.05) is 13.1 Å². The fourth-order valence-electron chi connectivity index (χ4n) is 1.09. The van der Waals surface area contributed by atoms with Gasteiger partial charge >= 0.3 is 0 Å². The number of hydrogen-bond donors (Lipinski definition) is 2. The summed E-state index contributed by atoms with van der Waals surface area (Å²) in [7, 11) is 1.96. The van der Waals surface area contributed by atoms with Crippen LogP contribution in [-0.4, -0.2) is 20.1 Å². The van der Waals surface area contributed by atoms with Crippen molar-refractivity contribution in [3.8, 4) is 0 Å². The predicted molar refractivity (Wildman–Crippen MR) is 59.8 cm³/mol. The summed E-state index contributed by atoms with van der Waals surface area (Å²) in [4.78, 5) is 0. The molecule has 0 amide bonds. The molecule has 0 unspecified atom stereocenters. The molecule has 0 aliphatic rings. The lowest BCUT2D eigenvalue weighted by atomic mass is 10.2. The first-order valence-corrected chi connectivity index (χ1v) is 5.22. The number of halogens is 1. The average molecular weight is 243 g/mol. The quantitative estimate of drug-likeness (QED) is 0.770. The van der Waals surface area contributed by atoms with E-state index in [0.29, 0.717) is 0 Å². The molecule has 1 rings (SSSR count). The van der Waals surface area contributed by atoms with Crippen LogP contribution in [0.2, 0.25) is 0 Å². The molecule has 1 aromatic carbocycles. The van der Waals surface area contributed by atoms with Crippen LogP contribution < -0.4 is 10.6 Å². The fourth-order valence-corrected chi connectivity index (χ4v) is 1.54. The molecule has 3 heteroatoms. The zero-order valence-corrected chi connectivity index (χ0v) is 9.39. The molecular formula is C10H15BrN2. The van der Waals surface area contributed by atoms with Gasteiger partial charge in [0.1, 0.15) is 0 Å². The summed E-state index contributed by atoms with van der Waals surface area (Å²) in [5.41, 5.74) is 1.31. The van der Waals surface area contributed by atoms with Crippen molar-refractivity contribution in [3.05, 3.63) is 34.3 Å². The lowest BCUT2D eigenvalue weighted by Crippen LogP contribution is -2.24. The maximum absolute atomic E-state index is 3.44. The van der Waals surface area contributed by atoms with Gasteiger partial charge < -0.3 is 10.6 Å². The SMILES string of the molecule is CNCCNCc1cccc(Br)c1. The standard InChI is InChI=1S/C10H15BrN2/c1-12-5-6-13-8-9-3-2-4-10(11)7-9/h2-4,7,12-13H,5-6,8H2,1H3. The fraction of sp³-hybridized carbons (Fsp3) is 0.400. The topological polar surface area (TPSA) is 24.1 Å². The summed E-state index contributed by atoms with van der Waals surface area (Å²) in [6.45, 7) is 2.94. The van der Waals surface area contributed by atoms with Crippen molar-refractivity contribution < 1.29 is 0 Å². The van der Waals surface area contributed by atoms with E-state index >= 15 is 0 Å². The van der Waals surface area contributed by atoms with Crippen LogP contribution in [0.5, 0.6) is 0 Å². The minimum atomic E-state index is 0.932. The van der Waals surface area contributed by atoms with Crippen LogP contribution in [0.25, 0.3) is 0 Å². The molecule has 0 fully saturated rings. The van der Waals surface area contributed by atoms with Crippen molar-refractivity contribution in [3.63, 3.8) is 0 Å². The number of likely N-dealkylation sites (N-methyl/N-ethyl adjacent to an activating group) is 1. The van der Waals surface area contributed by atoms with E-state index < -0.39 is 0 Å². The van der Waals surface area contributed by atoms with Crippen molar-refractivity contribution in [2.45, 2.75) is 6.54 Å². The van der Waals surface area contributed by atoms with Crippen LogP contribution in [0.3, 0.4) is 0 Å². The molecule has 2 N–H and O–H groups in total. The van der Waals surface area contributed by atoms with Gasteiger partial charge in [-0.25, -0.2) is 0 Å². The van der Waals surface area contributed by atoms with Crippen LogP contribution in [0, 0.1) is 0 Å². The highest BCUT2D eigenvalue weighted by molar-refractivity contribution is 9.10. The molecule has 2 nitrogen and oxygen atoms in total. The Morgan fingerprint density at radius 2 is 2.15 bits per heavy atom. The van der Waals surface area contributed by atoms with E-state index in [2.05, 4.69) is 44.8 Å². The second-order valence-corrected chi connectivity index (χ2v) is 3.83. The van der Waals surface area contributed by atoms with Gasteiger partial charge in [-0.3, -0.25) is 0 Å². The Kier molecular flexibility index (Phi) is 5.05. The molecule has 0 saturated heterocycles. The third-order valence-electron chi connectivity index (χ3n) is 1.77. The van der Waals surface area contributed by atoms with Gasteiger partial charge in [0.25, 0.3) is 0 Å². The molecular weight excluding hydrogens is 228 g/mol. The van der Waals surface area contributed by atoms with Gasteiger partial charge in [0.05, 0.1) is 0 Å². The van der Waals surface area contributed by atoms with Gasteiger partial charge in [-0.15, -0.1) is 0 Å². The molecule has 13 heavy (non-hydrogen) atoms. The smallest absolute Gasteiger partial charge is 0.0206 e. The largest absolute Gasteiger partial charge is 0.318 e. The van der Waals surface area contributed by atoms with Crippen molar-refractivity contribution in [2.75, 3.05) is 20.1 Å². The highest BCUT2D eigenvalue weighted by Crippen LogP contribution is 2.10. The predicted octanol–water partition coefficient (Wildman–Crippen LogP) is 1.76. The summed E-state index contributed by atoms with van der Waals surface area (Å²) in [6.07, 6.45) is 0. The second kappa shape index (κ2) is 6.13. The normalized spacial score (nSPS) is 10.3. The maximum Gasteiger partial charge on any atom is 0.0206 e. The van der Waals surface area contributed by atoms with Crippen molar-refractivity contribution in [1.82, 2.24) is 10.6 Å². The summed E-state index contributed by atoms with van der Waals surface area (Å²) in [6, 6.07) is 8.35. The first kappa shape index (κ1) is 10.7. The van der Waals surface area contributed by atoms with Gasteiger partial charge in [-0.05, 0) is 24.7 Å². The summed E-state index contributed by atoms with van der Waals surface area (Å²) >= 11 is 3.44. The molecule has 1 aromatic rings. The van der Waals surface area contributed by atoms with Gasteiger partial charge in [0, 0.05) is 24.1 Å². The molecule has 72 valence electrons. The van der Waals surface area contributed by atoms with Crippen molar-refractivity contribution in [1.29, 1.82) is 0 Å². The Morgan fingerprint density at radius 1 is 1.31 bits per heavy atom. The van der Waals surface area contributed by atoms with Crippen LogP contribution in [0.1, 0.15) is 5.56 Å². The Balaban J connectivity index is 2.28. The van der Waals surface area contributed by atoms with E-state index in [1.165, 1.54) is 5.56 Å². The number of rotatable bonds is 5. The van der Waals surface area contributed by atoms with Crippen molar-refractivity contribution in [2.24, 2.45) is 0 Å². The minimum Gasteiger partial charge on any atom is -0.318 e. The minimum absolute atomic E-state index is 0.932. The Bertz CT molecular complexity index is 250. The monoisotopic (exact) mass is 242 g/mol. The summed E-state index contributed by atoms with van der Waals surface area (Å²) in [5.74, 6) is 0. The lowest BCUT2D eigenvalue weighted by molar-refractivity contribution is 0.650. The van der Waals surface area contributed by atoms with Crippen LogP contribution in [-0.2, 0) is 6.54 Å². The summed E-state index contributed by atoms with van der Waals surface area (Å²) < 4.78 is 1.14. The molecule has 0 aliphatic heterocycles.